The van der Waals surface area contributed by atoms with Crippen LogP contribution in [0.5, 0.6) is 0 Å². The predicted molar refractivity (Wildman–Crippen MR) is 110 cm³/mol. The molecule has 0 radical (unpaired) electrons. The van der Waals surface area contributed by atoms with Crippen molar-refractivity contribution >= 4 is 25.0 Å². The first-order chi connectivity index (χ1) is 10.6. The number of hydrogen-bond donors (Lipinski definition) is 0. The van der Waals surface area contributed by atoms with Gasteiger partial charge in [-0.1, -0.05) is 6.58 Å². The fourth-order valence-electron chi connectivity index (χ4n) is 1.70. The highest BCUT2D eigenvalue weighted by Crippen LogP contribution is 2.20. The highest BCUT2D eigenvalue weighted by molar-refractivity contribution is 6.70. The standard InChI is InChI=1S/C17H36O4Si3/c1-12-18-17(21-24(9,10)11)14-16(20-23(6,7)8)13-15(2)19-22(3,4)5/h13-14H,2,12H2,1,3-11H3/b16-13+,17-14-. The van der Waals surface area contributed by atoms with E-state index in [-0.39, 0.29) is 0 Å². The van der Waals surface area contributed by atoms with Crippen LogP contribution in [0.1, 0.15) is 6.92 Å². The van der Waals surface area contributed by atoms with Gasteiger partial charge in [-0.15, -0.1) is 0 Å². The van der Waals surface area contributed by atoms with Gasteiger partial charge in [0.2, 0.25) is 25.0 Å². The zero-order valence-corrected chi connectivity index (χ0v) is 20.2. The maximum atomic E-state index is 6.17. The minimum absolute atomic E-state index is 0.502. The second kappa shape index (κ2) is 8.96. The largest absolute Gasteiger partial charge is 0.545 e. The average Bonchev–Trinajstić information content (AvgIpc) is 2.20. The van der Waals surface area contributed by atoms with E-state index >= 15 is 0 Å². The molecule has 0 aliphatic heterocycles. The number of rotatable bonds is 10. The Bertz CT molecular complexity index is 478. The Hall–Kier alpha value is -0.929. The molecule has 0 fully saturated rings. The van der Waals surface area contributed by atoms with Gasteiger partial charge in [0.05, 0.1) is 18.4 Å². The Morgan fingerprint density at radius 1 is 0.750 bits per heavy atom. The van der Waals surface area contributed by atoms with Crippen molar-refractivity contribution in [1.29, 1.82) is 0 Å². The average molecular weight is 389 g/mol. The lowest BCUT2D eigenvalue weighted by Gasteiger charge is -2.25. The molecule has 0 heterocycles. The molecule has 140 valence electrons. The summed E-state index contributed by atoms with van der Waals surface area (Å²) in [6.45, 7) is 25.6. The Morgan fingerprint density at radius 3 is 1.58 bits per heavy atom. The van der Waals surface area contributed by atoms with Gasteiger partial charge in [-0.2, -0.15) is 0 Å². The molecule has 0 aromatic carbocycles. The lowest BCUT2D eigenvalue weighted by molar-refractivity contribution is 0.111. The normalized spacial score (nSPS) is 14.2. The quantitative estimate of drug-likeness (QED) is 0.268. The molecule has 0 amide bonds. The monoisotopic (exact) mass is 388 g/mol. The fraction of sp³-hybridized carbons (Fsp3) is 0.647. The molecule has 0 unspecified atom stereocenters. The van der Waals surface area contributed by atoms with E-state index < -0.39 is 25.0 Å². The minimum atomic E-state index is -1.79. The summed E-state index contributed by atoms with van der Waals surface area (Å²) in [6, 6.07) is 0. The van der Waals surface area contributed by atoms with Crippen LogP contribution in [0.4, 0.5) is 0 Å². The van der Waals surface area contributed by atoms with Crippen LogP contribution < -0.4 is 0 Å². The van der Waals surface area contributed by atoms with Gasteiger partial charge in [-0.05, 0) is 65.8 Å². The lowest BCUT2D eigenvalue weighted by atomic mass is 10.4. The predicted octanol–water partition coefficient (Wildman–Crippen LogP) is 5.82. The van der Waals surface area contributed by atoms with Crippen LogP contribution in [-0.4, -0.2) is 31.6 Å². The fourth-order valence-corrected chi connectivity index (χ4v) is 4.09. The van der Waals surface area contributed by atoms with E-state index in [0.717, 1.165) is 0 Å². The van der Waals surface area contributed by atoms with Gasteiger partial charge < -0.3 is 18.0 Å². The van der Waals surface area contributed by atoms with E-state index in [1.54, 1.807) is 0 Å². The van der Waals surface area contributed by atoms with Gasteiger partial charge in [0.1, 0.15) is 5.76 Å². The van der Waals surface area contributed by atoms with Crippen LogP contribution >= 0.6 is 0 Å². The van der Waals surface area contributed by atoms with E-state index in [1.165, 1.54) is 0 Å². The topological polar surface area (TPSA) is 36.9 Å². The third-order valence-electron chi connectivity index (χ3n) is 2.12. The molecule has 0 aromatic heterocycles. The highest BCUT2D eigenvalue weighted by Gasteiger charge is 2.22. The first kappa shape index (κ1) is 23.1. The molecule has 0 saturated heterocycles. The number of allylic oxidation sites excluding steroid dienone is 2. The first-order valence-corrected chi connectivity index (χ1v) is 18.7. The maximum Gasteiger partial charge on any atom is 0.268 e. The Labute approximate surface area is 151 Å². The lowest BCUT2D eigenvalue weighted by Crippen LogP contribution is -2.27. The molecule has 0 bridgehead atoms. The van der Waals surface area contributed by atoms with Crippen molar-refractivity contribution in [2.75, 3.05) is 6.61 Å². The Balaban J connectivity index is 5.58. The molecule has 0 aliphatic carbocycles. The second-order valence-corrected chi connectivity index (χ2v) is 21.8. The molecular weight excluding hydrogens is 352 g/mol. The smallest absolute Gasteiger partial charge is 0.268 e. The van der Waals surface area contributed by atoms with E-state index in [1.807, 2.05) is 19.1 Å². The summed E-state index contributed by atoms with van der Waals surface area (Å²) < 4.78 is 23.8. The Morgan fingerprint density at radius 2 is 1.21 bits per heavy atom. The number of hydrogen-bond acceptors (Lipinski definition) is 4. The molecule has 0 saturated carbocycles. The molecule has 24 heavy (non-hydrogen) atoms. The van der Waals surface area contributed by atoms with Crippen LogP contribution in [0.15, 0.2) is 36.2 Å². The van der Waals surface area contributed by atoms with Crippen molar-refractivity contribution in [1.82, 2.24) is 0 Å². The van der Waals surface area contributed by atoms with Crippen molar-refractivity contribution < 1.29 is 18.0 Å². The van der Waals surface area contributed by atoms with E-state index in [2.05, 4.69) is 65.5 Å². The summed E-state index contributed by atoms with van der Waals surface area (Å²) in [5.74, 6) is 1.80. The zero-order valence-electron chi connectivity index (χ0n) is 17.2. The van der Waals surface area contributed by atoms with Gasteiger partial charge in [0, 0.05) is 6.08 Å². The molecule has 7 heteroatoms. The first-order valence-electron chi connectivity index (χ1n) is 8.43. The summed E-state index contributed by atoms with van der Waals surface area (Å²) in [7, 11) is -5.27. The molecule has 0 N–H and O–H groups in total. The van der Waals surface area contributed by atoms with E-state index in [4.69, 9.17) is 18.0 Å². The van der Waals surface area contributed by atoms with Crippen LogP contribution in [0.3, 0.4) is 0 Å². The molecule has 0 aliphatic rings. The molecule has 0 spiro atoms. The molecule has 0 atom stereocenters. The van der Waals surface area contributed by atoms with E-state index in [9.17, 15) is 0 Å². The van der Waals surface area contributed by atoms with Crippen molar-refractivity contribution in [3.05, 3.63) is 36.2 Å². The SMILES string of the molecule is C=C(/C=C(\C=C(\OCC)O[Si](C)(C)C)O[Si](C)(C)C)O[Si](C)(C)C. The van der Waals surface area contributed by atoms with Crippen LogP contribution in [0.2, 0.25) is 58.9 Å². The van der Waals surface area contributed by atoms with Crippen LogP contribution in [0.25, 0.3) is 0 Å². The molecule has 4 nitrogen and oxygen atoms in total. The summed E-state index contributed by atoms with van der Waals surface area (Å²) in [4.78, 5) is 0. The van der Waals surface area contributed by atoms with Crippen molar-refractivity contribution in [3.63, 3.8) is 0 Å². The minimum Gasteiger partial charge on any atom is -0.545 e. The van der Waals surface area contributed by atoms with Crippen LogP contribution in [-0.2, 0) is 18.0 Å². The van der Waals surface area contributed by atoms with Gasteiger partial charge in [0.25, 0.3) is 5.95 Å². The second-order valence-electron chi connectivity index (χ2n) is 8.55. The summed E-state index contributed by atoms with van der Waals surface area (Å²) in [5.41, 5.74) is 0. The van der Waals surface area contributed by atoms with Gasteiger partial charge in [0.15, 0.2) is 0 Å². The van der Waals surface area contributed by atoms with E-state index in [0.29, 0.717) is 24.1 Å². The van der Waals surface area contributed by atoms with Gasteiger partial charge in [-0.25, -0.2) is 0 Å². The third-order valence-corrected chi connectivity index (χ3v) is 4.65. The Kier molecular flexibility index (Phi) is 8.61. The highest BCUT2D eigenvalue weighted by atomic mass is 28.4. The molecular formula is C17H36O4Si3. The van der Waals surface area contributed by atoms with Crippen molar-refractivity contribution in [2.45, 2.75) is 65.8 Å². The molecule has 0 rings (SSSR count). The van der Waals surface area contributed by atoms with Gasteiger partial charge >= 0.3 is 0 Å². The summed E-state index contributed by atoms with van der Waals surface area (Å²) in [5, 5.41) is 0. The van der Waals surface area contributed by atoms with Crippen molar-refractivity contribution in [3.8, 4) is 0 Å². The molecule has 0 aromatic rings. The summed E-state index contributed by atoms with van der Waals surface area (Å²) in [6.07, 6.45) is 3.65. The number of ether oxygens (including phenoxy) is 1. The summed E-state index contributed by atoms with van der Waals surface area (Å²) >= 11 is 0. The zero-order chi connectivity index (χ0) is 19.2. The van der Waals surface area contributed by atoms with Crippen LogP contribution in [0, 0.1) is 0 Å². The third kappa shape index (κ3) is 13.5. The van der Waals surface area contributed by atoms with Gasteiger partial charge in [-0.3, -0.25) is 0 Å². The van der Waals surface area contributed by atoms with Crippen molar-refractivity contribution in [2.24, 2.45) is 0 Å². The maximum absolute atomic E-state index is 6.17.